The van der Waals surface area contributed by atoms with Crippen molar-refractivity contribution in [3.8, 4) is 16.3 Å². The summed E-state index contributed by atoms with van der Waals surface area (Å²) in [5, 5.41) is 3.71. The van der Waals surface area contributed by atoms with Gasteiger partial charge in [-0.15, -0.1) is 11.3 Å². The van der Waals surface area contributed by atoms with Crippen LogP contribution in [0.1, 0.15) is 10.4 Å². The highest BCUT2D eigenvalue weighted by atomic mass is 32.2. The number of benzene rings is 4. The molecule has 0 aliphatic heterocycles. The van der Waals surface area contributed by atoms with Crippen LogP contribution in [0.3, 0.4) is 0 Å². The van der Waals surface area contributed by atoms with E-state index in [1.165, 1.54) is 30.6 Å². The second-order valence-electron chi connectivity index (χ2n) is 7.81. The number of hydrogen-bond donors (Lipinski definition) is 2. The second-order valence-corrected chi connectivity index (χ2v) is 10.5. The Balaban J connectivity index is 1.43. The maximum absolute atomic E-state index is 13.3. The molecule has 0 saturated heterocycles. The van der Waals surface area contributed by atoms with Crippen molar-refractivity contribution >= 4 is 48.9 Å². The molecule has 0 bridgehead atoms. The van der Waals surface area contributed by atoms with Crippen LogP contribution in [-0.2, 0) is 10.0 Å². The summed E-state index contributed by atoms with van der Waals surface area (Å²) < 4.78 is 34.6. The lowest BCUT2D eigenvalue weighted by Crippen LogP contribution is -2.19. The monoisotopic (exact) mass is 515 g/mol. The number of methoxy groups -OCH3 is 1. The smallest absolute Gasteiger partial charge is 0.261 e. The van der Waals surface area contributed by atoms with Gasteiger partial charge in [-0.25, -0.2) is 13.4 Å². The Labute approximate surface area is 212 Å². The van der Waals surface area contributed by atoms with Gasteiger partial charge in [0.2, 0.25) is 0 Å². The van der Waals surface area contributed by atoms with E-state index < -0.39 is 15.9 Å². The van der Waals surface area contributed by atoms with Gasteiger partial charge in [0.15, 0.2) is 0 Å². The van der Waals surface area contributed by atoms with Gasteiger partial charge in [0.25, 0.3) is 15.9 Å². The number of anilines is 2. The fraction of sp³-hybridized carbons (Fsp3) is 0.0370. The molecule has 5 aromatic rings. The van der Waals surface area contributed by atoms with Gasteiger partial charge in [-0.3, -0.25) is 9.52 Å². The summed E-state index contributed by atoms with van der Waals surface area (Å²) in [6, 6.07) is 27.7. The second kappa shape index (κ2) is 9.80. The van der Waals surface area contributed by atoms with E-state index in [0.29, 0.717) is 11.4 Å². The first-order valence-corrected chi connectivity index (χ1v) is 13.3. The third kappa shape index (κ3) is 4.79. The molecule has 0 aliphatic rings. The van der Waals surface area contributed by atoms with Crippen molar-refractivity contribution < 1.29 is 17.9 Å². The molecule has 0 fully saturated rings. The lowest BCUT2D eigenvalue weighted by molar-refractivity contribution is 0.102. The van der Waals surface area contributed by atoms with Crippen LogP contribution >= 0.6 is 11.3 Å². The minimum Gasteiger partial charge on any atom is -0.497 e. The van der Waals surface area contributed by atoms with E-state index in [1.54, 1.807) is 42.5 Å². The fourth-order valence-electron chi connectivity index (χ4n) is 3.68. The maximum Gasteiger partial charge on any atom is 0.261 e. The average molecular weight is 516 g/mol. The van der Waals surface area contributed by atoms with E-state index in [2.05, 4.69) is 10.0 Å². The normalized spacial score (nSPS) is 11.2. The Morgan fingerprint density at radius 2 is 1.50 bits per heavy atom. The van der Waals surface area contributed by atoms with Gasteiger partial charge in [-0.2, -0.15) is 0 Å². The van der Waals surface area contributed by atoms with Gasteiger partial charge >= 0.3 is 0 Å². The minimum absolute atomic E-state index is 0.0553. The molecule has 1 heterocycles. The molecule has 0 spiro atoms. The van der Waals surface area contributed by atoms with Gasteiger partial charge in [0.05, 0.1) is 39.2 Å². The molecule has 0 saturated carbocycles. The number of nitrogens with zero attached hydrogens (tertiary/aromatic N) is 1. The third-order valence-electron chi connectivity index (χ3n) is 5.49. The molecular weight excluding hydrogens is 494 g/mol. The fourth-order valence-corrected chi connectivity index (χ4v) is 5.77. The van der Waals surface area contributed by atoms with Crippen LogP contribution in [0.2, 0.25) is 0 Å². The van der Waals surface area contributed by atoms with E-state index in [1.807, 2.05) is 42.5 Å². The summed E-state index contributed by atoms with van der Waals surface area (Å²) in [6.45, 7) is 0. The van der Waals surface area contributed by atoms with Gasteiger partial charge in [-0.05, 0) is 60.7 Å². The zero-order chi connectivity index (χ0) is 25.1. The minimum atomic E-state index is -3.93. The molecule has 0 aliphatic carbocycles. The van der Waals surface area contributed by atoms with E-state index >= 15 is 0 Å². The molecule has 0 radical (unpaired) electrons. The molecule has 2 N–H and O–H groups in total. The molecule has 0 atom stereocenters. The van der Waals surface area contributed by atoms with E-state index in [0.717, 1.165) is 20.8 Å². The molecule has 180 valence electrons. The summed E-state index contributed by atoms with van der Waals surface area (Å²) in [4.78, 5) is 18.1. The zero-order valence-corrected chi connectivity index (χ0v) is 20.8. The van der Waals surface area contributed by atoms with Crippen molar-refractivity contribution in [3.63, 3.8) is 0 Å². The lowest BCUT2D eigenvalue weighted by Gasteiger charge is -2.14. The van der Waals surface area contributed by atoms with Gasteiger partial charge < -0.3 is 10.1 Å². The summed E-state index contributed by atoms with van der Waals surface area (Å²) in [5.41, 5.74) is 2.60. The molecule has 1 aromatic heterocycles. The highest BCUT2D eigenvalue weighted by Gasteiger charge is 2.20. The first-order valence-electron chi connectivity index (χ1n) is 11.0. The topological polar surface area (TPSA) is 97.4 Å². The highest BCUT2D eigenvalue weighted by Crippen LogP contribution is 2.35. The van der Waals surface area contributed by atoms with Crippen molar-refractivity contribution in [2.24, 2.45) is 0 Å². The van der Waals surface area contributed by atoms with E-state index in [4.69, 9.17) is 9.72 Å². The van der Waals surface area contributed by atoms with Gasteiger partial charge in [0.1, 0.15) is 10.8 Å². The molecule has 1 amide bonds. The number of amides is 1. The predicted molar refractivity (Wildman–Crippen MR) is 143 cm³/mol. The lowest BCUT2D eigenvalue weighted by atomic mass is 10.1. The molecule has 0 unspecified atom stereocenters. The molecular formula is C27H21N3O4S2. The summed E-state index contributed by atoms with van der Waals surface area (Å²) in [6.07, 6.45) is 0. The number of fused-ring (bicyclic) bond motifs is 1. The number of carbonyl (C=O) groups excluding carboxylic acids is 1. The number of aromatic nitrogens is 1. The number of hydrogen-bond acceptors (Lipinski definition) is 6. The molecule has 9 heteroatoms. The first kappa shape index (κ1) is 23.5. The highest BCUT2D eigenvalue weighted by molar-refractivity contribution is 7.92. The van der Waals surface area contributed by atoms with E-state index in [-0.39, 0.29) is 16.1 Å². The third-order valence-corrected chi connectivity index (χ3v) is 7.94. The van der Waals surface area contributed by atoms with E-state index in [9.17, 15) is 13.2 Å². The number of nitrogens with one attached hydrogen (secondary N) is 2. The number of rotatable bonds is 7. The number of ether oxygens (including phenoxy) is 1. The number of thiazole rings is 1. The van der Waals surface area contributed by atoms with Crippen molar-refractivity contribution in [2.45, 2.75) is 4.90 Å². The Morgan fingerprint density at radius 1 is 0.833 bits per heavy atom. The Morgan fingerprint density at radius 3 is 2.25 bits per heavy atom. The van der Waals surface area contributed by atoms with Crippen LogP contribution in [0.15, 0.2) is 102 Å². The first-order chi connectivity index (χ1) is 17.4. The summed E-state index contributed by atoms with van der Waals surface area (Å²) in [7, 11) is -2.42. The van der Waals surface area contributed by atoms with Gasteiger partial charge in [0, 0.05) is 5.56 Å². The van der Waals surface area contributed by atoms with Crippen molar-refractivity contribution in [3.05, 3.63) is 103 Å². The Bertz CT molecular complexity index is 1630. The number of sulfonamides is 1. The number of para-hydroxylation sites is 3. The summed E-state index contributed by atoms with van der Waals surface area (Å²) >= 11 is 1.54. The number of carbonyl (C=O) groups is 1. The van der Waals surface area contributed by atoms with Crippen LogP contribution in [-0.4, -0.2) is 26.4 Å². The quantitative estimate of drug-likeness (QED) is 0.276. The van der Waals surface area contributed by atoms with Crippen LogP contribution in [0.25, 0.3) is 20.8 Å². The van der Waals surface area contributed by atoms with Crippen molar-refractivity contribution in [1.82, 2.24) is 4.98 Å². The largest absolute Gasteiger partial charge is 0.497 e. The van der Waals surface area contributed by atoms with Crippen molar-refractivity contribution in [1.29, 1.82) is 0 Å². The zero-order valence-electron chi connectivity index (χ0n) is 19.1. The van der Waals surface area contributed by atoms with Gasteiger partial charge in [-0.1, -0.05) is 36.4 Å². The Kier molecular flexibility index (Phi) is 6.41. The Hall–Kier alpha value is -4.21. The summed E-state index contributed by atoms with van der Waals surface area (Å²) in [5.74, 6) is 0.0945. The van der Waals surface area contributed by atoms with Crippen molar-refractivity contribution in [2.75, 3.05) is 17.1 Å². The predicted octanol–water partition coefficient (Wildman–Crippen LogP) is 6.03. The average Bonchev–Trinajstić information content (AvgIpc) is 3.33. The standard InChI is InChI=1S/C27H21N3O4S2/c1-34-18-14-16-19(17-15-18)36(32,33)30-23-11-5-2-8-20(23)26(31)28-22-10-4-3-9-21(22)27-29-24-12-6-7-13-25(24)35-27/h2-17,30H,1H3,(H,28,31). The molecule has 5 rings (SSSR count). The molecule has 4 aromatic carbocycles. The van der Waals surface area contributed by atoms with Crippen LogP contribution in [0.4, 0.5) is 11.4 Å². The molecule has 7 nitrogen and oxygen atoms in total. The molecule has 36 heavy (non-hydrogen) atoms. The van der Waals surface area contributed by atoms with Crippen LogP contribution in [0, 0.1) is 0 Å². The van der Waals surface area contributed by atoms with Crippen LogP contribution < -0.4 is 14.8 Å². The maximum atomic E-state index is 13.3. The van der Waals surface area contributed by atoms with Crippen LogP contribution in [0.5, 0.6) is 5.75 Å². The SMILES string of the molecule is COc1ccc(S(=O)(=O)Nc2ccccc2C(=O)Nc2ccccc2-c2nc3ccccc3s2)cc1.